The van der Waals surface area contributed by atoms with E-state index in [0.29, 0.717) is 62.1 Å². The molecule has 12 nitrogen and oxygen atoms in total. The molecule has 2 aromatic heterocycles. The molecule has 0 unspecified atom stereocenters. The van der Waals surface area contributed by atoms with Crippen LogP contribution in [0.2, 0.25) is 0 Å². The summed E-state index contributed by atoms with van der Waals surface area (Å²) in [5, 5.41) is 17.9. The highest BCUT2D eigenvalue weighted by atomic mass is 32.1. The summed E-state index contributed by atoms with van der Waals surface area (Å²) in [4.78, 5) is 77.0. The molecule has 5 N–H and O–H groups in total. The summed E-state index contributed by atoms with van der Waals surface area (Å²) >= 11 is 1.27. The number of H-pyrrole nitrogens is 1. The van der Waals surface area contributed by atoms with Crippen molar-refractivity contribution >= 4 is 67.5 Å². The third-order valence-corrected chi connectivity index (χ3v) is 11.3. The molecule has 3 aromatic carbocycles. The van der Waals surface area contributed by atoms with Gasteiger partial charge in [-0.2, -0.15) is 0 Å². The molecule has 298 valence electrons. The molecular weight excluding hydrogens is 741 g/mol. The van der Waals surface area contributed by atoms with E-state index >= 15 is 0 Å². The lowest BCUT2D eigenvalue weighted by molar-refractivity contribution is -0.134. The molecule has 2 bridgehead atoms. The van der Waals surface area contributed by atoms with Gasteiger partial charge in [-0.15, -0.1) is 11.3 Å². The molecule has 0 saturated heterocycles. The lowest BCUT2D eigenvalue weighted by Gasteiger charge is -2.26. The first kappa shape index (κ1) is 41.0. The van der Waals surface area contributed by atoms with Crippen LogP contribution < -0.4 is 20.7 Å². The van der Waals surface area contributed by atoms with Gasteiger partial charge in [-0.05, 0) is 100 Å². The molecule has 7 rings (SSSR count). The molecule has 3 amide bonds. The highest BCUT2D eigenvalue weighted by Crippen LogP contribution is 2.25. The molecule has 0 spiro atoms. The van der Waals surface area contributed by atoms with E-state index in [9.17, 15) is 24.0 Å². The van der Waals surface area contributed by atoms with E-state index in [4.69, 9.17) is 10.1 Å². The fourth-order valence-corrected chi connectivity index (χ4v) is 8.18. The number of para-hydroxylation sites is 2. The fourth-order valence-electron chi connectivity index (χ4n) is 7.22. The van der Waals surface area contributed by atoms with Gasteiger partial charge in [0.25, 0.3) is 0 Å². The molecular formula is C44H50N6O6S. The number of aromatic amines is 1. The second-order valence-corrected chi connectivity index (χ2v) is 16.0. The van der Waals surface area contributed by atoms with Crippen molar-refractivity contribution in [1.82, 2.24) is 25.9 Å². The van der Waals surface area contributed by atoms with E-state index in [0.717, 1.165) is 26.7 Å². The van der Waals surface area contributed by atoms with Gasteiger partial charge in [0.15, 0.2) is 5.01 Å². The summed E-state index contributed by atoms with van der Waals surface area (Å²) in [6, 6.07) is 19.5. The minimum Gasteiger partial charge on any atom is -0.494 e. The Kier molecular flexibility index (Phi) is 14.0. The van der Waals surface area contributed by atoms with Gasteiger partial charge in [0.05, 0.1) is 22.9 Å². The van der Waals surface area contributed by atoms with Gasteiger partial charge in [-0.25, -0.2) is 4.98 Å². The molecule has 4 atom stereocenters. The average Bonchev–Trinajstić information content (AvgIpc) is 3.82. The second-order valence-electron chi connectivity index (χ2n) is 14.9. The van der Waals surface area contributed by atoms with Crippen molar-refractivity contribution in [2.24, 2.45) is 5.92 Å². The van der Waals surface area contributed by atoms with Crippen LogP contribution in [-0.2, 0) is 32.0 Å². The number of carbonyl (C=O) groups excluding carboxylic acids is 5. The monoisotopic (exact) mass is 790 g/mol. The number of Topliss-reactive ketones (excluding diaryl/α,β-unsaturated/α-hetero) is 2. The number of rotatable bonds is 13. The predicted molar refractivity (Wildman–Crippen MR) is 222 cm³/mol. The number of unbranched alkanes of at least 4 members (excludes halogenated alkanes) is 1. The summed E-state index contributed by atoms with van der Waals surface area (Å²) in [7, 11) is 0. The van der Waals surface area contributed by atoms with Gasteiger partial charge in [0.2, 0.25) is 23.5 Å². The summed E-state index contributed by atoms with van der Waals surface area (Å²) in [5.41, 5.74) is 3.77. The van der Waals surface area contributed by atoms with Crippen LogP contribution in [0.3, 0.4) is 0 Å². The largest absolute Gasteiger partial charge is 0.494 e. The molecule has 0 radical (unpaired) electrons. The first-order valence-electron chi connectivity index (χ1n) is 19.6. The standard InChI is InChI=1S/C44H50N6O6S/c1-27(45)11-3-5-15-36(40(52)44-50-35-14-7-8-17-39(35)57-44)47-42(54)37-16-9-10-22-56-32-20-18-29(19-21-32)24-30(23-28(2)51)41(53)49-38(43(55)48-37)25-31-26-46-34-13-6-4-12-33(31)34/h4,6-8,12-14,17-21,26,30,36-38,45-46H,3,5,9-11,15-16,22-25H2,1-2H3,(H,47,54)(H,48,55)(H,49,53)/t30-,36-,37-,38+/m0/s1. The zero-order valence-corrected chi connectivity index (χ0v) is 33.2. The Morgan fingerprint density at radius 2 is 1.72 bits per heavy atom. The molecule has 4 heterocycles. The Morgan fingerprint density at radius 1 is 0.947 bits per heavy atom. The van der Waals surface area contributed by atoms with Crippen LogP contribution in [0.25, 0.3) is 21.1 Å². The third-order valence-electron chi connectivity index (χ3n) is 10.3. The molecule has 13 heteroatoms. The number of aromatic nitrogens is 2. The Bertz CT molecular complexity index is 2200. The smallest absolute Gasteiger partial charge is 0.243 e. The molecule has 5 aromatic rings. The molecule has 2 aliphatic rings. The minimum atomic E-state index is -1.09. The van der Waals surface area contributed by atoms with Crippen molar-refractivity contribution in [3.05, 3.63) is 95.1 Å². The number of nitrogens with one attached hydrogen (secondary N) is 5. The van der Waals surface area contributed by atoms with Crippen molar-refractivity contribution in [1.29, 1.82) is 5.41 Å². The van der Waals surface area contributed by atoms with Crippen LogP contribution in [-0.4, -0.2) is 69.7 Å². The van der Waals surface area contributed by atoms with E-state index < -0.39 is 41.8 Å². The number of ketones is 2. The number of hydrogen-bond donors (Lipinski definition) is 5. The number of thiazole rings is 1. The number of carbonyl (C=O) groups is 5. The SMILES string of the molecule is CC(=N)CCCC[C@H](NC(=O)[C@@H]1CCCCOc2ccc(cc2)C[C@H](CC(C)=O)C(=O)N[C@H](Cc2c[nH]c3ccccc23)C(=O)N1)C(=O)c1nc2ccccc2s1. The predicted octanol–water partition coefficient (Wildman–Crippen LogP) is 6.66. The van der Waals surface area contributed by atoms with Gasteiger partial charge in [0.1, 0.15) is 23.6 Å². The lowest BCUT2D eigenvalue weighted by Crippen LogP contribution is -2.56. The molecule has 0 saturated carbocycles. The van der Waals surface area contributed by atoms with Crippen molar-refractivity contribution < 1.29 is 28.7 Å². The number of ether oxygens (including phenoxy) is 1. The topological polar surface area (TPSA) is 183 Å². The number of nitrogens with zero attached hydrogens (tertiary/aromatic N) is 1. The van der Waals surface area contributed by atoms with Gasteiger partial charge >= 0.3 is 0 Å². The van der Waals surface area contributed by atoms with E-state index in [1.54, 1.807) is 6.92 Å². The van der Waals surface area contributed by atoms with Crippen molar-refractivity contribution in [3.8, 4) is 5.75 Å². The van der Waals surface area contributed by atoms with Gasteiger partial charge in [0, 0.05) is 41.6 Å². The lowest BCUT2D eigenvalue weighted by atomic mass is 9.93. The van der Waals surface area contributed by atoms with Crippen molar-refractivity contribution in [2.45, 2.75) is 96.2 Å². The summed E-state index contributed by atoms with van der Waals surface area (Å²) in [6.07, 6.45) is 5.73. The quantitative estimate of drug-likeness (QED) is 0.0502. The Morgan fingerprint density at radius 3 is 2.49 bits per heavy atom. The number of hydrogen-bond acceptors (Lipinski definition) is 9. The maximum Gasteiger partial charge on any atom is 0.243 e. The van der Waals surface area contributed by atoms with E-state index in [1.807, 2.05) is 79.0 Å². The van der Waals surface area contributed by atoms with E-state index in [1.165, 1.54) is 18.3 Å². The number of amides is 3. The van der Waals surface area contributed by atoms with Gasteiger partial charge in [-0.1, -0.05) is 48.9 Å². The summed E-state index contributed by atoms with van der Waals surface area (Å²) in [5.74, 6) is -2.08. The maximum atomic E-state index is 14.4. The normalized spacial score (nSPS) is 18.6. The average molecular weight is 791 g/mol. The highest BCUT2D eigenvalue weighted by Gasteiger charge is 2.33. The number of benzene rings is 3. The van der Waals surface area contributed by atoms with E-state index in [2.05, 4.69) is 25.9 Å². The Labute approximate surface area is 336 Å². The molecule has 0 aliphatic carbocycles. The first-order valence-corrected chi connectivity index (χ1v) is 20.5. The molecule has 57 heavy (non-hydrogen) atoms. The maximum absolute atomic E-state index is 14.4. The van der Waals surface area contributed by atoms with Crippen LogP contribution in [0.1, 0.15) is 86.1 Å². The number of fused-ring (bicyclic) bond motifs is 16. The van der Waals surface area contributed by atoms with Crippen LogP contribution in [0.5, 0.6) is 5.75 Å². The Balaban J connectivity index is 1.29. The van der Waals surface area contributed by atoms with E-state index in [-0.39, 0.29) is 42.3 Å². The zero-order valence-electron chi connectivity index (χ0n) is 32.4. The summed E-state index contributed by atoms with van der Waals surface area (Å²) < 4.78 is 6.84. The first-order chi connectivity index (χ1) is 27.5. The van der Waals surface area contributed by atoms with Crippen LogP contribution in [0, 0.1) is 11.3 Å². The van der Waals surface area contributed by atoms with Gasteiger partial charge < -0.3 is 35.9 Å². The van der Waals surface area contributed by atoms with Crippen molar-refractivity contribution in [3.63, 3.8) is 0 Å². The molecule has 0 fully saturated rings. The molecule has 2 aliphatic heterocycles. The van der Waals surface area contributed by atoms with Crippen LogP contribution in [0.4, 0.5) is 0 Å². The highest BCUT2D eigenvalue weighted by molar-refractivity contribution is 7.20. The third kappa shape index (κ3) is 11.2. The Hall–Kier alpha value is -5.69. The van der Waals surface area contributed by atoms with Crippen LogP contribution >= 0.6 is 11.3 Å². The summed E-state index contributed by atoms with van der Waals surface area (Å²) in [6.45, 7) is 3.56. The second kappa shape index (κ2) is 19.4. The zero-order chi connectivity index (χ0) is 40.3. The van der Waals surface area contributed by atoms with Crippen molar-refractivity contribution in [2.75, 3.05) is 6.61 Å². The van der Waals surface area contributed by atoms with Gasteiger partial charge in [-0.3, -0.25) is 19.2 Å². The minimum absolute atomic E-state index is 0.0139. The van der Waals surface area contributed by atoms with Crippen LogP contribution in [0.15, 0.2) is 79.0 Å². The fraction of sp³-hybridized carbons (Fsp3) is 0.386.